The highest BCUT2D eigenvalue weighted by atomic mass is 16.7. The number of nitrogens with one attached hydrogen (secondary N) is 2. The second-order valence-corrected chi connectivity index (χ2v) is 1.22. The van der Waals surface area contributed by atoms with Crippen LogP contribution < -0.4 is 16.7 Å². The fourth-order valence-corrected chi connectivity index (χ4v) is 0.168. The first-order chi connectivity index (χ1) is 4.66. The topological polar surface area (TPSA) is 93.4 Å². The van der Waals surface area contributed by atoms with Crippen molar-refractivity contribution in [2.45, 2.75) is 0 Å². The number of carbonyl (C=O) groups is 2. The van der Waals surface area contributed by atoms with Crippen LogP contribution in [-0.4, -0.2) is 12.0 Å². The van der Waals surface area contributed by atoms with Gasteiger partial charge in [-0.05, 0) is 0 Å². The predicted octanol–water partition coefficient (Wildman–Crippen LogP) is -1.20. The van der Waals surface area contributed by atoms with Gasteiger partial charge < -0.3 is 10.6 Å². The third kappa shape index (κ3) is 4.60. The summed E-state index contributed by atoms with van der Waals surface area (Å²) in [6.07, 6.45) is 0.926. The van der Waals surface area contributed by atoms with Crippen LogP contribution in [0.25, 0.3) is 0 Å². The minimum Gasteiger partial charge on any atom is -0.350 e. The number of urea groups is 1. The number of nitrogens with two attached hydrogens (primary N) is 1. The molecule has 0 aliphatic rings. The first-order valence-electron chi connectivity index (χ1n) is 2.30. The Bertz CT molecular complexity index is 156. The molecule has 0 saturated carbocycles. The maximum atomic E-state index is 10.2. The van der Waals surface area contributed by atoms with Crippen LogP contribution in [0.2, 0.25) is 0 Å². The minimum absolute atomic E-state index is 0.714. The van der Waals surface area contributed by atoms with Gasteiger partial charge in [0.1, 0.15) is 0 Å². The molecule has 0 spiro atoms. The molecule has 4 N–H and O–H groups in total. The Labute approximate surface area is 56.9 Å². The summed E-state index contributed by atoms with van der Waals surface area (Å²) in [4.78, 5) is 24.2. The monoisotopic (exact) mass is 145 g/mol. The zero-order chi connectivity index (χ0) is 7.98. The molecule has 56 valence electrons. The van der Waals surface area contributed by atoms with Gasteiger partial charge in [0.05, 0.1) is 0 Å². The smallest absolute Gasteiger partial charge is 0.350 e. The van der Waals surface area contributed by atoms with E-state index < -0.39 is 12.0 Å². The van der Waals surface area contributed by atoms with Crippen molar-refractivity contribution < 1.29 is 14.4 Å². The molecule has 0 radical (unpaired) electrons. The van der Waals surface area contributed by atoms with Gasteiger partial charge in [-0.2, -0.15) is 0 Å². The van der Waals surface area contributed by atoms with Crippen molar-refractivity contribution in [3.63, 3.8) is 0 Å². The van der Waals surface area contributed by atoms with Gasteiger partial charge >= 0.3 is 12.0 Å². The van der Waals surface area contributed by atoms with Crippen molar-refractivity contribution in [2.75, 3.05) is 0 Å². The lowest BCUT2D eigenvalue weighted by Crippen LogP contribution is -2.41. The average molecular weight is 145 g/mol. The summed E-state index contributed by atoms with van der Waals surface area (Å²) in [5.74, 6) is -0.714. The molecule has 0 saturated heterocycles. The lowest BCUT2D eigenvalue weighted by molar-refractivity contribution is -0.146. The molecule has 0 bridgehead atoms. The van der Waals surface area contributed by atoms with Gasteiger partial charge in [0.25, 0.3) is 0 Å². The fourth-order valence-electron chi connectivity index (χ4n) is 0.168. The van der Waals surface area contributed by atoms with Crippen molar-refractivity contribution >= 4 is 12.0 Å². The van der Waals surface area contributed by atoms with Crippen LogP contribution in [-0.2, 0) is 9.63 Å². The van der Waals surface area contributed by atoms with Gasteiger partial charge in [0.2, 0.25) is 0 Å². The first kappa shape index (κ1) is 8.44. The van der Waals surface area contributed by atoms with Gasteiger partial charge in [-0.15, -0.1) is 0 Å². The highest BCUT2D eigenvalue weighted by molar-refractivity contribution is 5.81. The molecule has 0 atom stereocenters. The Morgan fingerprint density at radius 2 is 2.20 bits per heavy atom. The van der Waals surface area contributed by atoms with Crippen LogP contribution in [0.3, 0.4) is 0 Å². The van der Waals surface area contributed by atoms with Gasteiger partial charge in [0, 0.05) is 6.08 Å². The van der Waals surface area contributed by atoms with Crippen molar-refractivity contribution in [2.24, 2.45) is 5.73 Å². The summed E-state index contributed by atoms with van der Waals surface area (Å²) in [6, 6.07) is -0.850. The van der Waals surface area contributed by atoms with Crippen molar-refractivity contribution in [3.8, 4) is 0 Å². The summed E-state index contributed by atoms with van der Waals surface area (Å²) in [7, 11) is 0. The molecule has 0 fully saturated rings. The highest BCUT2D eigenvalue weighted by Gasteiger charge is 1.93. The van der Waals surface area contributed by atoms with Gasteiger partial charge in [-0.25, -0.2) is 15.0 Å². The minimum atomic E-state index is -0.850. The number of carbonyl (C=O) groups excluding carboxylic acids is 2. The molecule has 0 aliphatic carbocycles. The quantitative estimate of drug-likeness (QED) is 0.343. The second kappa shape index (κ2) is 4.33. The number of amides is 2. The van der Waals surface area contributed by atoms with Crippen LogP contribution in [0.1, 0.15) is 0 Å². The SMILES string of the molecule is C=CC(=O)ONNC(N)=O. The molecule has 6 heteroatoms. The van der Waals surface area contributed by atoms with E-state index in [1.807, 2.05) is 5.43 Å². The second-order valence-electron chi connectivity index (χ2n) is 1.22. The standard InChI is InChI=1S/C4H7N3O3/c1-2-3(8)10-7-6-4(5)9/h2,7H,1H2,(H3,5,6,9). The van der Waals surface area contributed by atoms with Gasteiger partial charge in [0.15, 0.2) is 0 Å². The van der Waals surface area contributed by atoms with E-state index in [9.17, 15) is 9.59 Å². The van der Waals surface area contributed by atoms with Crippen LogP contribution in [0.4, 0.5) is 4.79 Å². The molecule has 10 heavy (non-hydrogen) atoms. The number of hydrogen-bond donors (Lipinski definition) is 3. The number of rotatable bonds is 3. The van der Waals surface area contributed by atoms with Crippen molar-refractivity contribution in [1.82, 2.24) is 11.0 Å². The van der Waals surface area contributed by atoms with E-state index in [-0.39, 0.29) is 0 Å². The van der Waals surface area contributed by atoms with E-state index >= 15 is 0 Å². The van der Waals surface area contributed by atoms with E-state index in [1.54, 1.807) is 5.59 Å². The molecule has 0 aromatic carbocycles. The molecule has 0 aromatic heterocycles. The molecule has 0 unspecified atom stereocenters. The number of primary amides is 1. The van der Waals surface area contributed by atoms with E-state index in [1.165, 1.54) is 0 Å². The Morgan fingerprint density at radius 3 is 2.60 bits per heavy atom. The van der Waals surface area contributed by atoms with Crippen molar-refractivity contribution in [3.05, 3.63) is 12.7 Å². The summed E-state index contributed by atoms with van der Waals surface area (Å²) in [6.45, 7) is 3.10. The lowest BCUT2D eigenvalue weighted by atomic mass is 10.7. The summed E-state index contributed by atoms with van der Waals surface area (Å²) in [5.41, 5.74) is 8.19. The third-order valence-electron chi connectivity index (χ3n) is 0.493. The molecule has 0 heterocycles. The van der Waals surface area contributed by atoms with Crippen LogP contribution in [0.15, 0.2) is 12.7 Å². The molecule has 2 amide bonds. The van der Waals surface area contributed by atoms with E-state index in [2.05, 4.69) is 17.2 Å². The van der Waals surface area contributed by atoms with Crippen LogP contribution in [0.5, 0.6) is 0 Å². The van der Waals surface area contributed by atoms with Crippen molar-refractivity contribution in [1.29, 1.82) is 0 Å². The third-order valence-corrected chi connectivity index (χ3v) is 0.493. The molecular formula is C4H7N3O3. The average Bonchev–Trinajstić information content (AvgIpc) is 1.87. The normalized spacial score (nSPS) is 8.00. The summed E-state index contributed by atoms with van der Waals surface area (Å²) in [5, 5.41) is 0. The molecule has 0 aliphatic heterocycles. The zero-order valence-corrected chi connectivity index (χ0v) is 5.09. The number of hydrogen-bond acceptors (Lipinski definition) is 4. The lowest BCUT2D eigenvalue weighted by Gasteiger charge is -2.00. The Balaban J connectivity index is 3.28. The Kier molecular flexibility index (Phi) is 3.66. The molecule has 0 aromatic rings. The van der Waals surface area contributed by atoms with E-state index in [0.29, 0.717) is 0 Å². The van der Waals surface area contributed by atoms with Gasteiger partial charge in [-0.1, -0.05) is 12.2 Å². The first-order valence-corrected chi connectivity index (χ1v) is 2.30. The maximum absolute atomic E-state index is 10.2. The predicted molar refractivity (Wildman–Crippen MR) is 32.1 cm³/mol. The Hall–Kier alpha value is -1.56. The van der Waals surface area contributed by atoms with Crippen LogP contribution >= 0.6 is 0 Å². The summed E-state index contributed by atoms with van der Waals surface area (Å²) >= 11 is 0. The number of hydrazine groups is 1. The van der Waals surface area contributed by atoms with E-state index in [0.717, 1.165) is 6.08 Å². The Morgan fingerprint density at radius 1 is 1.60 bits per heavy atom. The summed E-state index contributed by atoms with van der Waals surface area (Å²) < 4.78 is 0. The van der Waals surface area contributed by atoms with Gasteiger partial charge in [-0.3, -0.25) is 0 Å². The fraction of sp³-hybridized carbons (Fsp3) is 0. The molecule has 6 nitrogen and oxygen atoms in total. The van der Waals surface area contributed by atoms with Crippen LogP contribution in [0, 0.1) is 0 Å². The molecule has 0 rings (SSSR count). The zero-order valence-electron chi connectivity index (χ0n) is 5.09. The highest BCUT2D eigenvalue weighted by Crippen LogP contribution is 1.69. The maximum Gasteiger partial charge on any atom is 0.350 e. The van der Waals surface area contributed by atoms with E-state index in [4.69, 9.17) is 0 Å². The largest absolute Gasteiger partial charge is 0.350 e. The molecular weight excluding hydrogens is 138 g/mol.